The second-order valence-corrected chi connectivity index (χ2v) is 6.61. The highest BCUT2D eigenvalue weighted by atomic mass is 16.1. The molecule has 0 aliphatic heterocycles. The number of hydrogen-bond donors (Lipinski definition) is 1. The van der Waals surface area contributed by atoms with Crippen molar-refractivity contribution in [2.24, 2.45) is 17.1 Å². The lowest BCUT2D eigenvalue weighted by atomic mass is 9.67. The van der Waals surface area contributed by atoms with E-state index in [0.717, 1.165) is 31.6 Å². The topological polar surface area (TPSA) is 43.1 Å². The summed E-state index contributed by atoms with van der Waals surface area (Å²) in [6.45, 7) is 5.09. The molecule has 1 aliphatic carbocycles. The standard InChI is InChI=1S/C17H33NO/c1-3-4-5-6-7-8-9-16(19)17(14-18)12-10-15(2)11-13-17/h15H,3-14,18H2,1-2H3. The molecule has 2 nitrogen and oxygen atoms in total. The van der Waals surface area contributed by atoms with Crippen LogP contribution in [0.3, 0.4) is 0 Å². The Morgan fingerprint density at radius 1 is 1.11 bits per heavy atom. The van der Waals surface area contributed by atoms with E-state index >= 15 is 0 Å². The molecule has 0 bridgehead atoms. The van der Waals surface area contributed by atoms with Crippen LogP contribution < -0.4 is 5.73 Å². The predicted molar refractivity (Wildman–Crippen MR) is 82.1 cm³/mol. The smallest absolute Gasteiger partial charge is 0.140 e. The number of ketones is 1. The molecule has 2 heteroatoms. The molecule has 0 aromatic carbocycles. The highest BCUT2D eigenvalue weighted by molar-refractivity contribution is 5.85. The van der Waals surface area contributed by atoms with Gasteiger partial charge in [0.15, 0.2) is 0 Å². The van der Waals surface area contributed by atoms with E-state index in [9.17, 15) is 4.79 Å². The molecule has 1 aliphatic rings. The largest absolute Gasteiger partial charge is 0.329 e. The van der Waals surface area contributed by atoms with Crippen LogP contribution in [0.15, 0.2) is 0 Å². The molecule has 0 amide bonds. The van der Waals surface area contributed by atoms with Gasteiger partial charge in [-0.25, -0.2) is 0 Å². The Balaban J connectivity index is 2.26. The van der Waals surface area contributed by atoms with Crippen molar-refractivity contribution in [3.05, 3.63) is 0 Å². The summed E-state index contributed by atoms with van der Waals surface area (Å²) in [4.78, 5) is 12.5. The van der Waals surface area contributed by atoms with Gasteiger partial charge >= 0.3 is 0 Å². The third-order valence-corrected chi connectivity index (χ3v) is 4.97. The second kappa shape index (κ2) is 8.73. The molecular weight excluding hydrogens is 234 g/mol. The fraction of sp³-hybridized carbons (Fsp3) is 0.941. The molecule has 0 radical (unpaired) electrons. The quantitative estimate of drug-likeness (QED) is 0.627. The number of carbonyl (C=O) groups is 1. The summed E-state index contributed by atoms with van der Waals surface area (Å²) in [5.41, 5.74) is 5.78. The molecule has 0 spiro atoms. The average Bonchev–Trinajstić information content (AvgIpc) is 2.43. The maximum atomic E-state index is 12.5. The molecule has 0 saturated heterocycles. The molecule has 0 atom stereocenters. The molecule has 1 fully saturated rings. The molecule has 0 heterocycles. The van der Waals surface area contributed by atoms with Gasteiger partial charge in [0.25, 0.3) is 0 Å². The van der Waals surface area contributed by atoms with Crippen molar-refractivity contribution in [1.29, 1.82) is 0 Å². The maximum absolute atomic E-state index is 12.5. The van der Waals surface area contributed by atoms with Crippen molar-refractivity contribution in [1.82, 2.24) is 0 Å². The molecule has 0 aromatic rings. The van der Waals surface area contributed by atoms with Crippen molar-refractivity contribution in [3.63, 3.8) is 0 Å². The lowest BCUT2D eigenvalue weighted by molar-refractivity contribution is -0.130. The van der Waals surface area contributed by atoms with Gasteiger partial charge in [-0.15, -0.1) is 0 Å². The summed E-state index contributed by atoms with van der Waals surface area (Å²) in [5, 5.41) is 0. The summed E-state index contributed by atoms with van der Waals surface area (Å²) in [6, 6.07) is 0. The zero-order valence-corrected chi connectivity index (χ0v) is 13.0. The number of Topliss-reactive ketones (excluding diaryl/α,β-unsaturated/α-hetero) is 1. The highest BCUT2D eigenvalue weighted by Gasteiger charge is 2.38. The van der Waals surface area contributed by atoms with Crippen molar-refractivity contribution in [3.8, 4) is 0 Å². The van der Waals surface area contributed by atoms with E-state index in [1.807, 2.05) is 0 Å². The van der Waals surface area contributed by atoms with E-state index in [2.05, 4.69) is 13.8 Å². The Morgan fingerprint density at radius 3 is 2.26 bits per heavy atom. The van der Waals surface area contributed by atoms with Gasteiger partial charge < -0.3 is 5.73 Å². The van der Waals surface area contributed by atoms with E-state index in [-0.39, 0.29) is 5.41 Å². The van der Waals surface area contributed by atoms with Crippen molar-refractivity contribution in [2.75, 3.05) is 6.54 Å². The third kappa shape index (κ3) is 5.25. The first-order valence-electron chi connectivity index (χ1n) is 8.38. The van der Waals surface area contributed by atoms with Crippen molar-refractivity contribution >= 4 is 5.78 Å². The Bertz CT molecular complexity index is 254. The monoisotopic (exact) mass is 267 g/mol. The molecule has 2 N–H and O–H groups in total. The van der Waals surface area contributed by atoms with Crippen LogP contribution in [0, 0.1) is 11.3 Å². The molecule has 1 rings (SSSR count). The van der Waals surface area contributed by atoms with E-state index < -0.39 is 0 Å². The predicted octanol–water partition coefficient (Wildman–Crippen LogP) is 4.46. The van der Waals surface area contributed by atoms with Gasteiger partial charge in [-0.3, -0.25) is 4.79 Å². The Morgan fingerprint density at radius 2 is 1.68 bits per heavy atom. The van der Waals surface area contributed by atoms with Crippen LogP contribution in [-0.2, 0) is 4.79 Å². The lowest BCUT2D eigenvalue weighted by Gasteiger charge is -2.37. The molecule has 112 valence electrons. The van der Waals surface area contributed by atoms with Gasteiger partial charge in [0.1, 0.15) is 5.78 Å². The first-order chi connectivity index (χ1) is 9.14. The number of nitrogens with two attached hydrogens (primary N) is 1. The van der Waals surface area contributed by atoms with E-state index in [0.29, 0.717) is 12.3 Å². The normalized spacial score (nSPS) is 27.4. The third-order valence-electron chi connectivity index (χ3n) is 4.97. The van der Waals surface area contributed by atoms with Crippen molar-refractivity contribution < 1.29 is 4.79 Å². The van der Waals surface area contributed by atoms with Gasteiger partial charge in [-0.05, 0) is 38.0 Å². The van der Waals surface area contributed by atoms with Crippen LogP contribution in [0.4, 0.5) is 0 Å². The number of carbonyl (C=O) groups excluding carboxylic acids is 1. The van der Waals surface area contributed by atoms with Gasteiger partial charge in [-0.1, -0.05) is 46.0 Å². The summed E-state index contributed by atoms with van der Waals surface area (Å²) >= 11 is 0. The minimum absolute atomic E-state index is 0.157. The molecule has 1 saturated carbocycles. The highest BCUT2D eigenvalue weighted by Crippen LogP contribution is 2.39. The molecule has 0 unspecified atom stereocenters. The lowest BCUT2D eigenvalue weighted by Crippen LogP contribution is -2.41. The molecule has 19 heavy (non-hydrogen) atoms. The fourth-order valence-electron chi connectivity index (χ4n) is 3.24. The van der Waals surface area contributed by atoms with E-state index in [4.69, 9.17) is 5.73 Å². The van der Waals surface area contributed by atoms with E-state index in [1.54, 1.807) is 0 Å². The van der Waals surface area contributed by atoms with Gasteiger partial charge in [0.2, 0.25) is 0 Å². The minimum atomic E-state index is -0.157. The van der Waals surface area contributed by atoms with Crippen LogP contribution in [0.2, 0.25) is 0 Å². The fourth-order valence-corrected chi connectivity index (χ4v) is 3.24. The van der Waals surface area contributed by atoms with Gasteiger partial charge in [-0.2, -0.15) is 0 Å². The van der Waals surface area contributed by atoms with Crippen LogP contribution in [-0.4, -0.2) is 12.3 Å². The molecular formula is C17H33NO. The van der Waals surface area contributed by atoms with Gasteiger partial charge in [0.05, 0.1) is 0 Å². The van der Waals surface area contributed by atoms with Crippen LogP contribution >= 0.6 is 0 Å². The number of unbranched alkanes of at least 4 members (excludes halogenated alkanes) is 5. The summed E-state index contributed by atoms with van der Waals surface area (Å²) in [6.07, 6.45) is 12.7. The summed E-state index contributed by atoms with van der Waals surface area (Å²) < 4.78 is 0. The van der Waals surface area contributed by atoms with Gasteiger partial charge in [0, 0.05) is 18.4 Å². The maximum Gasteiger partial charge on any atom is 0.140 e. The number of hydrogen-bond acceptors (Lipinski definition) is 2. The SMILES string of the molecule is CCCCCCCCC(=O)C1(CN)CCC(C)CC1. The van der Waals surface area contributed by atoms with Crippen LogP contribution in [0.1, 0.15) is 84.5 Å². The van der Waals surface area contributed by atoms with Crippen LogP contribution in [0.25, 0.3) is 0 Å². The first-order valence-corrected chi connectivity index (χ1v) is 8.38. The Labute approximate surface area is 119 Å². The number of rotatable bonds is 9. The second-order valence-electron chi connectivity index (χ2n) is 6.61. The summed E-state index contributed by atoms with van der Waals surface area (Å²) in [7, 11) is 0. The summed E-state index contributed by atoms with van der Waals surface area (Å²) in [5.74, 6) is 1.24. The zero-order valence-electron chi connectivity index (χ0n) is 13.0. The molecule has 0 aromatic heterocycles. The zero-order chi connectivity index (χ0) is 14.1. The van der Waals surface area contributed by atoms with Crippen molar-refractivity contribution in [2.45, 2.75) is 84.5 Å². The minimum Gasteiger partial charge on any atom is -0.329 e. The first kappa shape index (κ1) is 16.7. The average molecular weight is 267 g/mol. The van der Waals surface area contributed by atoms with E-state index in [1.165, 1.54) is 44.9 Å². The van der Waals surface area contributed by atoms with Crippen LogP contribution in [0.5, 0.6) is 0 Å². The Hall–Kier alpha value is -0.370. The Kier molecular flexibility index (Phi) is 7.67.